The molecule has 1 amide bonds. The summed E-state index contributed by atoms with van der Waals surface area (Å²) in [5, 5.41) is 0. The molecule has 1 aromatic carbocycles. The number of nitrogens with zero attached hydrogens (tertiary/aromatic N) is 2. The third-order valence-corrected chi connectivity index (χ3v) is 4.49. The minimum atomic E-state index is -0.518. The summed E-state index contributed by atoms with van der Waals surface area (Å²) in [5.74, 6) is 0.929. The lowest BCUT2D eigenvalue weighted by molar-refractivity contribution is -0.0829. The van der Waals surface area contributed by atoms with Gasteiger partial charge in [0.05, 0.1) is 12.7 Å². The molecule has 1 aliphatic rings. The number of hydrogen-bond acceptors (Lipinski definition) is 5. The SMILES string of the molecule is CO[C@@]1(COc2ccccc2C)CCCN(C(=O)c2cnco2)C1. The van der Waals surface area contributed by atoms with Crippen LogP contribution in [-0.2, 0) is 4.74 Å². The molecule has 1 atom stereocenters. The van der Waals surface area contributed by atoms with E-state index in [2.05, 4.69) is 4.98 Å². The van der Waals surface area contributed by atoms with Crippen molar-refractivity contribution in [2.75, 3.05) is 26.8 Å². The number of amides is 1. The molecule has 128 valence electrons. The number of rotatable bonds is 5. The van der Waals surface area contributed by atoms with E-state index in [1.54, 1.807) is 12.0 Å². The lowest BCUT2D eigenvalue weighted by Crippen LogP contribution is -2.54. The maximum atomic E-state index is 12.5. The number of hydrogen-bond donors (Lipinski definition) is 0. The molecular weight excluding hydrogens is 308 g/mol. The topological polar surface area (TPSA) is 64.8 Å². The largest absolute Gasteiger partial charge is 0.490 e. The van der Waals surface area contributed by atoms with E-state index in [0.29, 0.717) is 19.7 Å². The van der Waals surface area contributed by atoms with Gasteiger partial charge in [-0.15, -0.1) is 0 Å². The van der Waals surface area contributed by atoms with E-state index in [1.165, 1.54) is 12.6 Å². The van der Waals surface area contributed by atoms with Crippen molar-refractivity contribution >= 4 is 5.91 Å². The number of aromatic nitrogens is 1. The van der Waals surface area contributed by atoms with Crippen molar-refractivity contribution in [3.8, 4) is 5.75 Å². The number of piperidine rings is 1. The van der Waals surface area contributed by atoms with Gasteiger partial charge in [-0.05, 0) is 31.4 Å². The molecule has 0 unspecified atom stereocenters. The van der Waals surface area contributed by atoms with E-state index >= 15 is 0 Å². The van der Waals surface area contributed by atoms with Gasteiger partial charge in [0.1, 0.15) is 18.0 Å². The first-order valence-corrected chi connectivity index (χ1v) is 8.05. The third kappa shape index (κ3) is 3.43. The first-order chi connectivity index (χ1) is 11.6. The highest BCUT2D eigenvalue weighted by molar-refractivity contribution is 5.91. The molecule has 0 radical (unpaired) electrons. The lowest BCUT2D eigenvalue weighted by atomic mass is 9.93. The highest BCUT2D eigenvalue weighted by atomic mass is 16.5. The Kier molecular flexibility index (Phi) is 4.85. The number of benzene rings is 1. The normalized spacial score (nSPS) is 20.8. The monoisotopic (exact) mass is 330 g/mol. The predicted molar refractivity (Wildman–Crippen MR) is 88.1 cm³/mol. The minimum absolute atomic E-state index is 0.162. The van der Waals surface area contributed by atoms with Crippen LogP contribution >= 0.6 is 0 Å². The van der Waals surface area contributed by atoms with E-state index in [4.69, 9.17) is 13.9 Å². The summed E-state index contributed by atoms with van der Waals surface area (Å²) in [6.45, 7) is 3.55. The number of carbonyl (C=O) groups is 1. The third-order valence-electron chi connectivity index (χ3n) is 4.49. The van der Waals surface area contributed by atoms with Gasteiger partial charge < -0.3 is 18.8 Å². The van der Waals surface area contributed by atoms with E-state index in [0.717, 1.165) is 24.2 Å². The first-order valence-electron chi connectivity index (χ1n) is 8.05. The molecule has 1 fully saturated rings. The van der Waals surface area contributed by atoms with Crippen molar-refractivity contribution in [2.24, 2.45) is 0 Å². The van der Waals surface area contributed by atoms with Crippen LogP contribution < -0.4 is 4.74 Å². The average Bonchev–Trinajstić information content (AvgIpc) is 3.15. The molecule has 1 aromatic heterocycles. The first kappa shape index (κ1) is 16.5. The molecule has 6 heteroatoms. The summed E-state index contributed by atoms with van der Waals surface area (Å²) in [6, 6.07) is 7.88. The summed E-state index contributed by atoms with van der Waals surface area (Å²) in [5.41, 5.74) is 0.560. The molecule has 2 heterocycles. The zero-order valence-corrected chi connectivity index (χ0v) is 14.0. The minimum Gasteiger partial charge on any atom is -0.490 e. The van der Waals surface area contributed by atoms with Crippen LogP contribution in [0.1, 0.15) is 29.0 Å². The maximum Gasteiger partial charge on any atom is 0.291 e. The quantitative estimate of drug-likeness (QED) is 0.843. The van der Waals surface area contributed by atoms with Crippen LogP contribution in [0.15, 0.2) is 41.3 Å². The Labute approximate surface area is 141 Å². The molecule has 24 heavy (non-hydrogen) atoms. The molecule has 3 rings (SSSR count). The Morgan fingerprint density at radius 1 is 1.42 bits per heavy atom. The van der Waals surface area contributed by atoms with Gasteiger partial charge in [-0.25, -0.2) is 4.98 Å². The van der Waals surface area contributed by atoms with E-state index < -0.39 is 5.60 Å². The van der Waals surface area contributed by atoms with Crippen LogP contribution in [0.4, 0.5) is 0 Å². The van der Waals surface area contributed by atoms with Gasteiger partial charge in [0.2, 0.25) is 5.76 Å². The average molecular weight is 330 g/mol. The fraction of sp³-hybridized carbons (Fsp3) is 0.444. The number of oxazole rings is 1. The molecule has 0 aliphatic carbocycles. The lowest BCUT2D eigenvalue weighted by Gasteiger charge is -2.41. The Hall–Kier alpha value is -2.34. The molecule has 0 spiro atoms. The highest BCUT2D eigenvalue weighted by Gasteiger charge is 2.39. The second-order valence-corrected chi connectivity index (χ2v) is 6.14. The molecule has 0 bridgehead atoms. The summed E-state index contributed by atoms with van der Waals surface area (Å²) in [6.07, 6.45) is 4.40. The van der Waals surface area contributed by atoms with Crippen LogP contribution in [0.25, 0.3) is 0 Å². The van der Waals surface area contributed by atoms with Gasteiger partial charge in [-0.1, -0.05) is 18.2 Å². The van der Waals surface area contributed by atoms with Crippen molar-refractivity contribution in [1.82, 2.24) is 9.88 Å². The number of para-hydroxylation sites is 1. The van der Waals surface area contributed by atoms with Crippen molar-refractivity contribution in [3.63, 3.8) is 0 Å². The van der Waals surface area contributed by atoms with Crippen LogP contribution in [0.2, 0.25) is 0 Å². The molecular formula is C18H22N2O4. The smallest absolute Gasteiger partial charge is 0.291 e. The summed E-state index contributed by atoms with van der Waals surface area (Å²) in [7, 11) is 1.67. The number of methoxy groups -OCH3 is 1. The second kappa shape index (κ2) is 7.05. The summed E-state index contributed by atoms with van der Waals surface area (Å²) < 4.78 is 16.9. The van der Waals surface area contributed by atoms with E-state index in [1.807, 2.05) is 31.2 Å². The van der Waals surface area contributed by atoms with E-state index in [9.17, 15) is 4.79 Å². The Balaban J connectivity index is 1.69. The maximum absolute atomic E-state index is 12.5. The van der Waals surface area contributed by atoms with E-state index in [-0.39, 0.29) is 11.7 Å². The predicted octanol–water partition coefficient (Wildman–Crippen LogP) is 2.68. The van der Waals surface area contributed by atoms with Gasteiger partial charge in [-0.3, -0.25) is 4.79 Å². The fourth-order valence-electron chi connectivity index (χ4n) is 3.02. The molecule has 1 aliphatic heterocycles. The zero-order chi connectivity index (χ0) is 17.0. The summed E-state index contributed by atoms with van der Waals surface area (Å²) in [4.78, 5) is 18.0. The van der Waals surface area contributed by atoms with Crippen molar-refractivity contribution in [2.45, 2.75) is 25.4 Å². The Bertz CT molecular complexity index is 686. The molecule has 2 aromatic rings. The molecule has 0 N–H and O–H groups in total. The molecule has 0 saturated carbocycles. The van der Waals surface area contributed by atoms with Crippen molar-refractivity contribution < 1.29 is 18.7 Å². The zero-order valence-electron chi connectivity index (χ0n) is 14.0. The molecule has 1 saturated heterocycles. The number of aryl methyl sites for hydroxylation is 1. The van der Waals surface area contributed by atoms with Gasteiger partial charge in [0.25, 0.3) is 5.91 Å². The van der Waals surface area contributed by atoms with Crippen molar-refractivity contribution in [1.29, 1.82) is 0 Å². The van der Waals surface area contributed by atoms with Crippen LogP contribution in [0.5, 0.6) is 5.75 Å². The van der Waals surface area contributed by atoms with Gasteiger partial charge >= 0.3 is 0 Å². The Morgan fingerprint density at radius 2 is 2.25 bits per heavy atom. The van der Waals surface area contributed by atoms with Crippen LogP contribution in [0.3, 0.4) is 0 Å². The fourth-order valence-corrected chi connectivity index (χ4v) is 3.02. The number of likely N-dealkylation sites (tertiary alicyclic amines) is 1. The van der Waals surface area contributed by atoms with Gasteiger partial charge in [0, 0.05) is 13.7 Å². The Morgan fingerprint density at radius 3 is 2.96 bits per heavy atom. The highest BCUT2D eigenvalue weighted by Crippen LogP contribution is 2.28. The molecule has 6 nitrogen and oxygen atoms in total. The van der Waals surface area contributed by atoms with Gasteiger partial charge in [0.15, 0.2) is 6.39 Å². The standard InChI is InChI=1S/C18H22N2O4/c1-14-6-3-4-7-15(14)23-12-18(22-2)8-5-9-20(11-18)17(21)16-10-19-13-24-16/h3-4,6-7,10,13H,5,8-9,11-12H2,1-2H3/t18-/m0/s1. The number of ether oxygens (including phenoxy) is 2. The van der Waals surface area contributed by atoms with Crippen LogP contribution in [0, 0.1) is 6.92 Å². The van der Waals surface area contributed by atoms with Crippen molar-refractivity contribution in [3.05, 3.63) is 48.2 Å². The van der Waals surface area contributed by atoms with Gasteiger partial charge in [-0.2, -0.15) is 0 Å². The van der Waals surface area contributed by atoms with Crippen LogP contribution in [-0.4, -0.2) is 48.2 Å². The number of carbonyl (C=O) groups excluding carboxylic acids is 1. The second-order valence-electron chi connectivity index (χ2n) is 6.14. The summed E-state index contributed by atoms with van der Waals surface area (Å²) >= 11 is 0.